The number of nitrogens with zero attached hydrogens (tertiary/aromatic N) is 1. The van der Waals surface area contributed by atoms with Gasteiger partial charge in [0, 0.05) is 19.0 Å². The smallest absolute Gasteiger partial charge is 0.225 e. The van der Waals surface area contributed by atoms with E-state index >= 15 is 0 Å². The second kappa shape index (κ2) is 8.68. The minimum Gasteiger partial charge on any atom is -0.395 e. The Bertz CT molecular complexity index is 174. The molecule has 0 rings (SSSR count). The fourth-order valence-electron chi connectivity index (χ4n) is 1.49. The van der Waals surface area contributed by atoms with Crippen molar-refractivity contribution in [2.24, 2.45) is 11.7 Å². The van der Waals surface area contributed by atoms with E-state index < -0.39 is 0 Å². The number of carbonyl (C=O) groups excluding carboxylic acids is 1. The van der Waals surface area contributed by atoms with Crippen molar-refractivity contribution < 1.29 is 9.90 Å². The third kappa shape index (κ3) is 5.74. The van der Waals surface area contributed by atoms with Crippen LogP contribution in [0.3, 0.4) is 0 Å². The molecule has 0 saturated heterocycles. The summed E-state index contributed by atoms with van der Waals surface area (Å²) in [5, 5.41) is 8.88. The molecule has 0 bridgehead atoms. The monoisotopic (exact) mass is 216 g/mol. The molecule has 4 heteroatoms. The molecule has 0 aliphatic carbocycles. The zero-order valence-corrected chi connectivity index (χ0v) is 9.91. The quantitative estimate of drug-likeness (QED) is 0.624. The van der Waals surface area contributed by atoms with Crippen molar-refractivity contribution in [1.29, 1.82) is 0 Å². The molecular weight excluding hydrogens is 192 g/mol. The summed E-state index contributed by atoms with van der Waals surface area (Å²) in [5.74, 6) is 0.0846. The summed E-state index contributed by atoms with van der Waals surface area (Å²) in [7, 11) is 0. The fourth-order valence-corrected chi connectivity index (χ4v) is 1.49. The SMILES string of the molecule is CCCCN(CCO)C(=O)C(C)CCN. The summed E-state index contributed by atoms with van der Waals surface area (Å²) in [5.41, 5.74) is 5.42. The number of aliphatic hydroxyl groups excluding tert-OH is 1. The molecule has 0 aliphatic heterocycles. The summed E-state index contributed by atoms with van der Waals surface area (Å²) >= 11 is 0. The van der Waals surface area contributed by atoms with Crippen LogP contribution in [-0.2, 0) is 4.79 Å². The van der Waals surface area contributed by atoms with E-state index in [0.29, 0.717) is 19.5 Å². The maximum absolute atomic E-state index is 11.9. The summed E-state index contributed by atoms with van der Waals surface area (Å²) in [6.45, 7) is 5.73. The second-order valence-electron chi connectivity index (χ2n) is 3.88. The molecule has 0 saturated carbocycles. The van der Waals surface area contributed by atoms with Gasteiger partial charge < -0.3 is 15.7 Å². The normalized spacial score (nSPS) is 12.5. The number of rotatable bonds is 8. The van der Waals surface area contributed by atoms with Crippen LogP contribution in [0.1, 0.15) is 33.1 Å². The van der Waals surface area contributed by atoms with Crippen LogP contribution in [0.2, 0.25) is 0 Å². The molecule has 1 atom stereocenters. The average Bonchev–Trinajstić information content (AvgIpc) is 2.23. The lowest BCUT2D eigenvalue weighted by Gasteiger charge is -2.24. The molecule has 0 heterocycles. The van der Waals surface area contributed by atoms with Crippen molar-refractivity contribution in [3.05, 3.63) is 0 Å². The van der Waals surface area contributed by atoms with E-state index in [2.05, 4.69) is 6.92 Å². The van der Waals surface area contributed by atoms with Crippen LogP contribution in [-0.4, -0.2) is 42.2 Å². The van der Waals surface area contributed by atoms with Crippen LogP contribution in [0, 0.1) is 5.92 Å². The summed E-state index contributed by atoms with van der Waals surface area (Å²) in [4.78, 5) is 13.6. The van der Waals surface area contributed by atoms with Gasteiger partial charge in [-0.3, -0.25) is 4.79 Å². The van der Waals surface area contributed by atoms with Crippen molar-refractivity contribution in [3.63, 3.8) is 0 Å². The second-order valence-corrected chi connectivity index (χ2v) is 3.88. The van der Waals surface area contributed by atoms with Gasteiger partial charge in [0.2, 0.25) is 5.91 Å². The molecule has 0 radical (unpaired) electrons. The Hall–Kier alpha value is -0.610. The van der Waals surface area contributed by atoms with Gasteiger partial charge in [-0.1, -0.05) is 20.3 Å². The average molecular weight is 216 g/mol. The highest BCUT2D eigenvalue weighted by Crippen LogP contribution is 2.07. The van der Waals surface area contributed by atoms with E-state index in [1.54, 1.807) is 4.90 Å². The molecule has 4 nitrogen and oxygen atoms in total. The first kappa shape index (κ1) is 14.4. The van der Waals surface area contributed by atoms with Crippen LogP contribution in [0.15, 0.2) is 0 Å². The Morgan fingerprint density at radius 1 is 1.47 bits per heavy atom. The minimum absolute atomic E-state index is 0.0293. The molecule has 90 valence electrons. The summed E-state index contributed by atoms with van der Waals surface area (Å²) in [6, 6.07) is 0. The van der Waals surface area contributed by atoms with Crippen molar-refractivity contribution in [2.45, 2.75) is 33.1 Å². The largest absolute Gasteiger partial charge is 0.395 e. The lowest BCUT2D eigenvalue weighted by Crippen LogP contribution is -2.38. The van der Waals surface area contributed by atoms with Crippen molar-refractivity contribution in [1.82, 2.24) is 4.90 Å². The number of amides is 1. The van der Waals surface area contributed by atoms with E-state index in [1.165, 1.54) is 0 Å². The van der Waals surface area contributed by atoms with E-state index in [4.69, 9.17) is 10.8 Å². The highest BCUT2D eigenvalue weighted by Gasteiger charge is 2.18. The van der Waals surface area contributed by atoms with E-state index in [1.807, 2.05) is 6.92 Å². The molecule has 0 aliphatic rings. The molecular formula is C11H24N2O2. The molecule has 0 fully saturated rings. The Morgan fingerprint density at radius 2 is 2.13 bits per heavy atom. The van der Waals surface area contributed by atoms with Gasteiger partial charge in [-0.15, -0.1) is 0 Å². The first-order valence-electron chi connectivity index (χ1n) is 5.77. The topological polar surface area (TPSA) is 66.6 Å². The Kier molecular flexibility index (Phi) is 8.33. The number of carbonyl (C=O) groups is 1. The van der Waals surface area contributed by atoms with Gasteiger partial charge in [0.25, 0.3) is 0 Å². The number of unbranched alkanes of at least 4 members (excludes halogenated alkanes) is 1. The van der Waals surface area contributed by atoms with Gasteiger partial charge in [-0.2, -0.15) is 0 Å². The van der Waals surface area contributed by atoms with Gasteiger partial charge >= 0.3 is 0 Å². The van der Waals surface area contributed by atoms with Gasteiger partial charge in [-0.25, -0.2) is 0 Å². The van der Waals surface area contributed by atoms with E-state index in [-0.39, 0.29) is 18.4 Å². The first-order chi connectivity index (χ1) is 7.17. The lowest BCUT2D eigenvalue weighted by molar-refractivity contribution is -0.135. The zero-order valence-electron chi connectivity index (χ0n) is 9.91. The van der Waals surface area contributed by atoms with Gasteiger partial charge in [0.15, 0.2) is 0 Å². The molecule has 0 spiro atoms. The van der Waals surface area contributed by atoms with E-state index in [0.717, 1.165) is 19.4 Å². The van der Waals surface area contributed by atoms with Crippen LogP contribution >= 0.6 is 0 Å². The molecule has 0 aromatic heterocycles. The molecule has 3 N–H and O–H groups in total. The highest BCUT2D eigenvalue weighted by atomic mass is 16.3. The lowest BCUT2D eigenvalue weighted by atomic mass is 10.1. The van der Waals surface area contributed by atoms with Crippen LogP contribution < -0.4 is 5.73 Å². The number of hydrogen-bond donors (Lipinski definition) is 2. The van der Waals surface area contributed by atoms with Crippen molar-refractivity contribution >= 4 is 5.91 Å². The molecule has 1 unspecified atom stereocenters. The molecule has 1 amide bonds. The number of aliphatic hydroxyl groups is 1. The summed E-state index contributed by atoms with van der Waals surface area (Å²) in [6.07, 6.45) is 2.76. The van der Waals surface area contributed by atoms with Gasteiger partial charge in [0.1, 0.15) is 0 Å². The Balaban J connectivity index is 4.13. The fraction of sp³-hybridized carbons (Fsp3) is 0.909. The van der Waals surface area contributed by atoms with Crippen LogP contribution in [0.25, 0.3) is 0 Å². The zero-order chi connectivity index (χ0) is 11.7. The first-order valence-corrected chi connectivity index (χ1v) is 5.77. The predicted octanol–water partition coefficient (Wildman–Crippen LogP) is 0.592. The maximum Gasteiger partial charge on any atom is 0.225 e. The predicted molar refractivity (Wildman–Crippen MR) is 61.4 cm³/mol. The van der Waals surface area contributed by atoms with Gasteiger partial charge in [-0.05, 0) is 19.4 Å². The molecule has 15 heavy (non-hydrogen) atoms. The third-order valence-corrected chi connectivity index (χ3v) is 2.48. The Morgan fingerprint density at radius 3 is 2.60 bits per heavy atom. The summed E-state index contributed by atoms with van der Waals surface area (Å²) < 4.78 is 0. The van der Waals surface area contributed by atoms with Crippen LogP contribution in [0.4, 0.5) is 0 Å². The standard InChI is InChI=1S/C11H24N2O2/c1-3-4-7-13(8-9-14)11(15)10(2)5-6-12/h10,14H,3-9,12H2,1-2H3. The maximum atomic E-state index is 11.9. The van der Waals surface area contributed by atoms with Crippen molar-refractivity contribution in [3.8, 4) is 0 Å². The number of nitrogens with two attached hydrogens (primary N) is 1. The molecule has 0 aromatic carbocycles. The van der Waals surface area contributed by atoms with E-state index in [9.17, 15) is 4.79 Å². The third-order valence-electron chi connectivity index (χ3n) is 2.48. The number of hydrogen-bond acceptors (Lipinski definition) is 3. The molecule has 0 aromatic rings. The van der Waals surface area contributed by atoms with Gasteiger partial charge in [0.05, 0.1) is 6.61 Å². The highest BCUT2D eigenvalue weighted by molar-refractivity contribution is 5.78. The van der Waals surface area contributed by atoms with Crippen LogP contribution in [0.5, 0.6) is 0 Å². The van der Waals surface area contributed by atoms with Crippen molar-refractivity contribution in [2.75, 3.05) is 26.2 Å². The Labute approximate surface area is 92.4 Å². The minimum atomic E-state index is -0.0293.